The number of likely N-dealkylation sites (tertiary alicyclic amines) is 1. The van der Waals surface area contributed by atoms with Gasteiger partial charge in [0.1, 0.15) is 5.78 Å². The number of Topliss-reactive ketones (excluding diaryl/α,β-unsaturated/α-hetero) is 1. The van der Waals surface area contributed by atoms with Crippen molar-refractivity contribution >= 4 is 5.78 Å². The van der Waals surface area contributed by atoms with E-state index in [1.54, 1.807) is 0 Å². The number of carbonyl (C=O) groups excluding carboxylic acids is 1. The van der Waals surface area contributed by atoms with E-state index in [4.69, 9.17) is 0 Å². The van der Waals surface area contributed by atoms with Crippen LogP contribution in [0.5, 0.6) is 0 Å². The number of hydrogen-bond acceptors (Lipinski definition) is 2. The van der Waals surface area contributed by atoms with Crippen LogP contribution in [0.2, 0.25) is 0 Å². The zero-order valence-electron chi connectivity index (χ0n) is 13.4. The lowest BCUT2D eigenvalue weighted by Gasteiger charge is -2.38. The quantitative estimate of drug-likeness (QED) is 0.760. The van der Waals surface area contributed by atoms with Crippen molar-refractivity contribution in [3.05, 3.63) is 0 Å². The number of hydrogen-bond donors (Lipinski definition) is 0. The molecule has 1 aliphatic carbocycles. The zero-order chi connectivity index (χ0) is 14.2. The van der Waals surface area contributed by atoms with Crippen molar-refractivity contribution in [1.29, 1.82) is 0 Å². The molecule has 0 aromatic heterocycles. The predicted molar refractivity (Wildman–Crippen MR) is 80.1 cm³/mol. The SMILES string of the molecule is CC1CN(CC2CC(C(C)(C)C)CCC2=O)CC1C. The lowest BCUT2D eigenvalue weighted by Crippen LogP contribution is -2.38. The van der Waals surface area contributed by atoms with E-state index in [0.29, 0.717) is 23.0 Å². The fourth-order valence-corrected chi connectivity index (χ4v) is 3.79. The molecule has 4 atom stereocenters. The highest BCUT2D eigenvalue weighted by Gasteiger charge is 2.37. The highest BCUT2D eigenvalue weighted by molar-refractivity contribution is 5.82. The van der Waals surface area contributed by atoms with Crippen molar-refractivity contribution in [1.82, 2.24) is 4.90 Å². The summed E-state index contributed by atoms with van der Waals surface area (Å²) >= 11 is 0. The summed E-state index contributed by atoms with van der Waals surface area (Å²) < 4.78 is 0. The summed E-state index contributed by atoms with van der Waals surface area (Å²) in [4.78, 5) is 14.7. The van der Waals surface area contributed by atoms with Gasteiger partial charge in [0.15, 0.2) is 0 Å². The summed E-state index contributed by atoms with van der Waals surface area (Å²) in [7, 11) is 0. The van der Waals surface area contributed by atoms with Gasteiger partial charge in [-0.2, -0.15) is 0 Å². The molecule has 0 radical (unpaired) electrons. The van der Waals surface area contributed by atoms with Crippen molar-refractivity contribution in [2.75, 3.05) is 19.6 Å². The Morgan fingerprint density at radius 3 is 2.26 bits per heavy atom. The average molecular weight is 265 g/mol. The first-order chi connectivity index (χ1) is 8.77. The molecule has 0 N–H and O–H groups in total. The maximum Gasteiger partial charge on any atom is 0.137 e. The van der Waals surface area contributed by atoms with Gasteiger partial charge < -0.3 is 4.90 Å². The minimum Gasteiger partial charge on any atom is -0.302 e. The number of nitrogens with zero attached hydrogens (tertiary/aromatic N) is 1. The van der Waals surface area contributed by atoms with Crippen molar-refractivity contribution in [3.63, 3.8) is 0 Å². The smallest absolute Gasteiger partial charge is 0.137 e. The van der Waals surface area contributed by atoms with Gasteiger partial charge >= 0.3 is 0 Å². The second-order valence-electron chi connectivity index (χ2n) is 8.17. The van der Waals surface area contributed by atoms with Crippen molar-refractivity contribution in [2.45, 2.75) is 53.9 Å². The highest BCUT2D eigenvalue weighted by Crippen LogP contribution is 2.39. The Balaban J connectivity index is 1.93. The topological polar surface area (TPSA) is 20.3 Å². The van der Waals surface area contributed by atoms with Crippen molar-refractivity contribution < 1.29 is 4.79 Å². The maximum absolute atomic E-state index is 12.2. The van der Waals surface area contributed by atoms with Crippen LogP contribution in [0.25, 0.3) is 0 Å². The molecule has 2 aliphatic rings. The standard InChI is InChI=1S/C17H31NO/c1-12-9-18(10-13(12)2)11-14-8-15(17(3,4)5)6-7-16(14)19/h12-15H,6-11H2,1-5H3. The molecule has 110 valence electrons. The molecular formula is C17H31NO. The molecular weight excluding hydrogens is 234 g/mol. The normalized spacial score (nSPS) is 37.8. The van der Waals surface area contributed by atoms with Gasteiger partial charge in [0.05, 0.1) is 0 Å². The Hall–Kier alpha value is -0.370. The van der Waals surface area contributed by atoms with Crippen LogP contribution < -0.4 is 0 Å². The number of ketones is 1. The molecule has 1 saturated heterocycles. The molecule has 2 heteroatoms. The van der Waals surface area contributed by atoms with Gasteiger partial charge in [-0.25, -0.2) is 0 Å². The summed E-state index contributed by atoms with van der Waals surface area (Å²) in [5, 5.41) is 0. The van der Waals surface area contributed by atoms with Gasteiger partial charge in [-0.3, -0.25) is 4.79 Å². The van der Waals surface area contributed by atoms with Crippen LogP contribution in [0.1, 0.15) is 53.9 Å². The predicted octanol–water partition coefficient (Wildman–Crippen LogP) is 3.61. The summed E-state index contributed by atoms with van der Waals surface area (Å²) in [6, 6.07) is 0. The van der Waals surface area contributed by atoms with Crippen LogP contribution in [-0.4, -0.2) is 30.3 Å². The Morgan fingerprint density at radius 2 is 1.74 bits per heavy atom. The van der Waals surface area contributed by atoms with Gasteiger partial charge in [0.25, 0.3) is 0 Å². The van der Waals surface area contributed by atoms with E-state index in [-0.39, 0.29) is 0 Å². The third-order valence-electron chi connectivity index (χ3n) is 5.53. The molecule has 0 bridgehead atoms. The lowest BCUT2D eigenvalue weighted by molar-refractivity contribution is -0.127. The minimum atomic E-state index is 0.301. The third kappa shape index (κ3) is 3.59. The zero-order valence-corrected chi connectivity index (χ0v) is 13.4. The molecule has 1 saturated carbocycles. The molecule has 4 unspecified atom stereocenters. The second-order valence-corrected chi connectivity index (χ2v) is 8.17. The van der Waals surface area contributed by atoms with Crippen LogP contribution in [0.4, 0.5) is 0 Å². The van der Waals surface area contributed by atoms with E-state index in [1.807, 2.05) is 0 Å². The highest BCUT2D eigenvalue weighted by atomic mass is 16.1. The molecule has 1 heterocycles. The molecule has 2 fully saturated rings. The van der Waals surface area contributed by atoms with Gasteiger partial charge in [-0.15, -0.1) is 0 Å². The Labute approximate surface area is 118 Å². The molecule has 0 aromatic rings. The number of rotatable bonds is 2. The summed E-state index contributed by atoms with van der Waals surface area (Å²) in [6.07, 6.45) is 3.03. The first-order valence-electron chi connectivity index (χ1n) is 8.02. The van der Waals surface area contributed by atoms with E-state index in [1.165, 1.54) is 13.1 Å². The van der Waals surface area contributed by atoms with Gasteiger partial charge in [-0.1, -0.05) is 34.6 Å². The molecule has 2 nitrogen and oxygen atoms in total. The molecule has 0 spiro atoms. The largest absolute Gasteiger partial charge is 0.302 e. The van der Waals surface area contributed by atoms with E-state index in [0.717, 1.165) is 37.6 Å². The first-order valence-corrected chi connectivity index (χ1v) is 8.02. The monoisotopic (exact) mass is 265 g/mol. The van der Waals surface area contributed by atoms with Crippen LogP contribution in [0, 0.1) is 29.1 Å². The van der Waals surface area contributed by atoms with Crippen LogP contribution in [0.15, 0.2) is 0 Å². The van der Waals surface area contributed by atoms with E-state index >= 15 is 0 Å². The average Bonchev–Trinajstić information content (AvgIpc) is 2.59. The van der Waals surface area contributed by atoms with Gasteiger partial charge in [-0.05, 0) is 36.0 Å². The van der Waals surface area contributed by atoms with E-state index in [9.17, 15) is 4.79 Å². The Kier molecular flexibility index (Phi) is 4.39. The Morgan fingerprint density at radius 1 is 1.16 bits per heavy atom. The number of carbonyl (C=O) groups is 1. The minimum absolute atomic E-state index is 0.301. The molecule has 1 aliphatic heterocycles. The molecule has 2 rings (SSSR count). The molecule has 0 aromatic carbocycles. The molecule has 19 heavy (non-hydrogen) atoms. The van der Waals surface area contributed by atoms with E-state index < -0.39 is 0 Å². The van der Waals surface area contributed by atoms with Crippen molar-refractivity contribution in [3.8, 4) is 0 Å². The van der Waals surface area contributed by atoms with E-state index in [2.05, 4.69) is 39.5 Å². The van der Waals surface area contributed by atoms with Crippen LogP contribution in [0.3, 0.4) is 0 Å². The van der Waals surface area contributed by atoms with Crippen LogP contribution in [-0.2, 0) is 4.79 Å². The third-order valence-corrected chi connectivity index (χ3v) is 5.53. The van der Waals surface area contributed by atoms with Crippen molar-refractivity contribution in [2.24, 2.45) is 29.1 Å². The lowest BCUT2D eigenvalue weighted by atomic mass is 9.68. The van der Waals surface area contributed by atoms with Crippen LogP contribution >= 0.6 is 0 Å². The molecule has 0 amide bonds. The first kappa shape index (κ1) is 15.0. The summed E-state index contributed by atoms with van der Waals surface area (Å²) in [6.45, 7) is 15.0. The fourth-order valence-electron chi connectivity index (χ4n) is 3.79. The van der Waals surface area contributed by atoms with Gasteiger partial charge in [0.2, 0.25) is 0 Å². The fraction of sp³-hybridized carbons (Fsp3) is 0.941. The summed E-state index contributed by atoms with van der Waals surface area (Å²) in [5.41, 5.74) is 0.352. The maximum atomic E-state index is 12.2. The second kappa shape index (κ2) is 5.55. The Bertz CT molecular complexity index is 321. The summed E-state index contributed by atoms with van der Waals surface area (Å²) in [5.74, 6) is 3.12. The van der Waals surface area contributed by atoms with Gasteiger partial charge in [0, 0.05) is 32.0 Å².